The molecule has 0 bridgehead atoms. The highest BCUT2D eigenvalue weighted by molar-refractivity contribution is 7.91. The van der Waals surface area contributed by atoms with E-state index in [0.717, 1.165) is 12.5 Å². The molecule has 0 aliphatic carbocycles. The number of halogens is 1. The molecule has 0 spiro atoms. The molecule has 1 rings (SSSR count). The van der Waals surface area contributed by atoms with E-state index in [1.54, 1.807) is 0 Å². The number of alkyl halides is 1. The van der Waals surface area contributed by atoms with Gasteiger partial charge in [0.1, 0.15) is 0 Å². The highest BCUT2D eigenvalue weighted by atomic mass is 35.5. The van der Waals surface area contributed by atoms with Crippen LogP contribution in [0.3, 0.4) is 0 Å². The van der Waals surface area contributed by atoms with E-state index in [1.807, 2.05) is 6.92 Å². The lowest BCUT2D eigenvalue weighted by atomic mass is 10.3. The predicted octanol–water partition coefficient (Wildman–Crippen LogP) is 1.92. The molecule has 0 heterocycles. The number of rotatable bonds is 6. The molecule has 1 aromatic rings. The minimum absolute atomic E-state index is 0.0193. The molecule has 0 aromatic heterocycles. The van der Waals surface area contributed by atoms with Gasteiger partial charge in [0, 0.05) is 24.4 Å². The molecule has 0 fully saturated rings. The fourth-order valence-corrected chi connectivity index (χ4v) is 3.30. The first kappa shape index (κ1) is 17.3. The Bertz CT molecular complexity index is 681. The second kappa shape index (κ2) is 6.32. The number of hydrogen-bond acceptors (Lipinski definition) is 5. The van der Waals surface area contributed by atoms with Crippen molar-refractivity contribution in [1.82, 2.24) is 0 Å². The summed E-state index contributed by atoms with van der Waals surface area (Å²) in [5, 5.41) is 2.94. The zero-order valence-corrected chi connectivity index (χ0v) is 13.9. The van der Waals surface area contributed by atoms with Gasteiger partial charge < -0.3 is 5.32 Å². The summed E-state index contributed by atoms with van der Waals surface area (Å²) < 4.78 is 46.5. The van der Waals surface area contributed by atoms with Crippen LogP contribution in [0.4, 0.5) is 5.69 Å². The van der Waals surface area contributed by atoms with Gasteiger partial charge >= 0.3 is 0 Å². The summed E-state index contributed by atoms with van der Waals surface area (Å²) in [5.74, 6) is 0. The Morgan fingerprint density at radius 3 is 2.20 bits per heavy atom. The first-order chi connectivity index (χ1) is 9.01. The molecule has 1 unspecified atom stereocenters. The molecule has 0 aliphatic heterocycles. The highest BCUT2D eigenvalue weighted by Gasteiger charge is 2.17. The van der Waals surface area contributed by atoms with Gasteiger partial charge in [-0.05, 0) is 31.5 Å². The molecule has 1 aromatic carbocycles. The third kappa shape index (κ3) is 4.96. The summed E-state index contributed by atoms with van der Waals surface area (Å²) in [6.07, 6.45) is 2.75. The molecule has 0 saturated heterocycles. The van der Waals surface area contributed by atoms with E-state index >= 15 is 0 Å². The van der Waals surface area contributed by atoms with Gasteiger partial charge in [-0.3, -0.25) is 0 Å². The summed E-state index contributed by atoms with van der Waals surface area (Å²) in [6.45, 7) is 2.35. The van der Waals surface area contributed by atoms with Crippen molar-refractivity contribution in [3.05, 3.63) is 18.2 Å². The van der Waals surface area contributed by atoms with Crippen LogP contribution in [0.2, 0.25) is 0 Å². The summed E-state index contributed by atoms with van der Waals surface area (Å²) in [5.41, 5.74) is 0.386. The van der Waals surface area contributed by atoms with Crippen molar-refractivity contribution < 1.29 is 16.8 Å². The molecule has 114 valence electrons. The van der Waals surface area contributed by atoms with Crippen LogP contribution in [0.1, 0.15) is 13.3 Å². The Kier molecular flexibility index (Phi) is 5.46. The molecule has 1 atom stereocenters. The van der Waals surface area contributed by atoms with Crippen molar-refractivity contribution >= 4 is 37.0 Å². The number of sulfone groups is 2. The van der Waals surface area contributed by atoms with Crippen LogP contribution in [0.25, 0.3) is 0 Å². The molecule has 0 aliphatic rings. The number of benzene rings is 1. The van der Waals surface area contributed by atoms with Crippen LogP contribution in [0, 0.1) is 0 Å². The van der Waals surface area contributed by atoms with Crippen molar-refractivity contribution in [2.75, 3.05) is 24.4 Å². The van der Waals surface area contributed by atoms with E-state index in [4.69, 9.17) is 11.6 Å². The average molecular weight is 340 g/mol. The second-order valence-corrected chi connectivity index (χ2v) is 9.44. The van der Waals surface area contributed by atoms with Gasteiger partial charge in [0.25, 0.3) is 0 Å². The topological polar surface area (TPSA) is 80.3 Å². The van der Waals surface area contributed by atoms with Gasteiger partial charge in [-0.1, -0.05) is 0 Å². The summed E-state index contributed by atoms with van der Waals surface area (Å²) in [4.78, 5) is -0.0446. The van der Waals surface area contributed by atoms with Gasteiger partial charge in [0.2, 0.25) is 0 Å². The molecular formula is C12H18ClNO4S2. The van der Waals surface area contributed by atoms with E-state index < -0.39 is 19.7 Å². The fourth-order valence-electron chi connectivity index (χ4n) is 1.59. The lowest BCUT2D eigenvalue weighted by Crippen LogP contribution is -2.11. The van der Waals surface area contributed by atoms with E-state index in [2.05, 4.69) is 5.32 Å². The summed E-state index contributed by atoms with van der Waals surface area (Å²) in [7, 11) is -6.98. The first-order valence-corrected chi connectivity index (χ1v) is 10.2. The summed E-state index contributed by atoms with van der Waals surface area (Å²) >= 11 is 5.82. The highest BCUT2D eigenvalue weighted by Crippen LogP contribution is 2.25. The number of anilines is 1. The Labute approximate surface area is 125 Å². The van der Waals surface area contributed by atoms with E-state index in [1.165, 1.54) is 18.2 Å². The zero-order valence-electron chi connectivity index (χ0n) is 11.6. The standard InChI is InChI=1S/C12H18ClNO4S2/c1-9(13)6-7-14-11-5-4-10(19(2,15)16)8-12(11)20(3,17)18/h4-5,8-9,14H,6-7H2,1-3H3. The van der Waals surface area contributed by atoms with Gasteiger partial charge in [0.05, 0.1) is 15.5 Å². The minimum atomic E-state index is -3.53. The lowest BCUT2D eigenvalue weighted by molar-refractivity contribution is 0.600. The maximum absolute atomic E-state index is 11.8. The Morgan fingerprint density at radius 2 is 1.75 bits per heavy atom. The number of nitrogens with one attached hydrogen (secondary N) is 1. The number of hydrogen-bond donors (Lipinski definition) is 1. The van der Waals surface area contributed by atoms with Crippen LogP contribution in [-0.4, -0.2) is 41.3 Å². The third-order valence-corrected chi connectivity index (χ3v) is 5.10. The maximum atomic E-state index is 11.8. The molecule has 0 saturated carbocycles. The van der Waals surface area contributed by atoms with Crippen molar-refractivity contribution in [3.8, 4) is 0 Å². The summed E-state index contributed by atoms with van der Waals surface area (Å²) in [6, 6.07) is 4.03. The maximum Gasteiger partial charge on any atom is 0.177 e. The Morgan fingerprint density at radius 1 is 1.15 bits per heavy atom. The molecule has 20 heavy (non-hydrogen) atoms. The predicted molar refractivity (Wildman–Crippen MR) is 81.1 cm³/mol. The Hall–Kier alpha value is -0.790. The minimum Gasteiger partial charge on any atom is -0.384 e. The van der Waals surface area contributed by atoms with Gasteiger partial charge in [-0.2, -0.15) is 0 Å². The fraction of sp³-hybridized carbons (Fsp3) is 0.500. The van der Waals surface area contributed by atoms with Crippen molar-refractivity contribution in [2.24, 2.45) is 0 Å². The molecular weight excluding hydrogens is 322 g/mol. The molecule has 1 N–H and O–H groups in total. The molecule has 5 nitrogen and oxygen atoms in total. The van der Waals surface area contributed by atoms with Crippen LogP contribution in [0.15, 0.2) is 28.0 Å². The Balaban J connectivity index is 3.19. The van der Waals surface area contributed by atoms with Gasteiger partial charge in [0.15, 0.2) is 19.7 Å². The van der Waals surface area contributed by atoms with Crippen molar-refractivity contribution in [3.63, 3.8) is 0 Å². The molecule has 0 amide bonds. The molecule has 8 heteroatoms. The largest absolute Gasteiger partial charge is 0.384 e. The quantitative estimate of drug-likeness (QED) is 0.801. The first-order valence-electron chi connectivity index (χ1n) is 5.94. The van der Waals surface area contributed by atoms with Crippen LogP contribution in [-0.2, 0) is 19.7 Å². The smallest absolute Gasteiger partial charge is 0.177 e. The van der Waals surface area contributed by atoms with Crippen molar-refractivity contribution in [2.45, 2.75) is 28.5 Å². The zero-order chi connectivity index (χ0) is 15.6. The van der Waals surface area contributed by atoms with Crippen LogP contribution < -0.4 is 5.32 Å². The average Bonchev–Trinajstić information content (AvgIpc) is 2.25. The third-order valence-electron chi connectivity index (χ3n) is 2.64. The van der Waals surface area contributed by atoms with E-state index in [9.17, 15) is 16.8 Å². The SMILES string of the molecule is CC(Cl)CCNc1ccc(S(C)(=O)=O)cc1S(C)(=O)=O. The normalized spacial score (nSPS) is 14.0. The van der Waals surface area contributed by atoms with E-state index in [0.29, 0.717) is 18.7 Å². The monoisotopic (exact) mass is 339 g/mol. The lowest BCUT2D eigenvalue weighted by Gasteiger charge is -2.12. The molecule has 0 radical (unpaired) electrons. The van der Waals surface area contributed by atoms with Crippen LogP contribution in [0.5, 0.6) is 0 Å². The van der Waals surface area contributed by atoms with Crippen LogP contribution >= 0.6 is 11.6 Å². The van der Waals surface area contributed by atoms with Gasteiger partial charge in [-0.15, -0.1) is 11.6 Å². The second-order valence-electron chi connectivity index (χ2n) is 4.70. The van der Waals surface area contributed by atoms with Gasteiger partial charge in [-0.25, -0.2) is 16.8 Å². The van der Waals surface area contributed by atoms with E-state index in [-0.39, 0.29) is 15.2 Å². The van der Waals surface area contributed by atoms with Crippen molar-refractivity contribution in [1.29, 1.82) is 0 Å².